The average Bonchev–Trinajstić information content (AvgIpc) is 3.06. The number of hydrogen-bond donors (Lipinski definition) is 0. The predicted molar refractivity (Wildman–Crippen MR) is 88.4 cm³/mol. The number of fused-ring (bicyclic) bond motifs is 1. The van der Waals surface area contributed by atoms with E-state index in [0.29, 0.717) is 5.76 Å². The fraction of sp³-hybridized carbons (Fsp3) is 0.278. The first-order valence-corrected chi connectivity index (χ1v) is 8.37. The lowest BCUT2D eigenvalue weighted by Gasteiger charge is -2.40. The third-order valence-electron chi connectivity index (χ3n) is 4.44. The van der Waals surface area contributed by atoms with Crippen molar-refractivity contribution in [3.63, 3.8) is 0 Å². The molecule has 3 nitrogen and oxygen atoms in total. The van der Waals surface area contributed by atoms with Crippen molar-refractivity contribution >= 4 is 28.2 Å². The molecule has 0 radical (unpaired) electrons. The van der Waals surface area contributed by atoms with E-state index in [2.05, 4.69) is 17.5 Å². The van der Waals surface area contributed by atoms with Gasteiger partial charge in [-0.3, -0.25) is 4.79 Å². The molecule has 1 aliphatic rings. The smallest absolute Gasteiger partial charge is 0.290 e. The summed E-state index contributed by atoms with van der Waals surface area (Å²) in [5.74, 6) is 0.498. The summed E-state index contributed by atoms with van der Waals surface area (Å²) >= 11 is 1.71. The Balaban J connectivity index is 1.70. The maximum Gasteiger partial charge on any atom is 0.290 e. The SMILES string of the molecule is Cc1ccc2c(C)c(C(=O)N3CC[C@@H]3c3cccs3)oc2c1. The molecule has 1 saturated heterocycles. The van der Waals surface area contributed by atoms with Crippen molar-refractivity contribution in [1.29, 1.82) is 0 Å². The molecule has 0 spiro atoms. The van der Waals surface area contributed by atoms with E-state index in [1.165, 1.54) is 4.88 Å². The lowest BCUT2D eigenvalue weighted by Crippen LogP contribution is -2.44. The zero-order valence-corrected chi connectivity index (χ0v) is 13.4. The Bertz CT molecular complexity index is 847. The molecule has 112 valence electrons. The second-order valence-electron chi connectivity index (χ2n) is 5.87. The Kier molecular flexibility index (Phi) is 3.08. The standard InChI is InChI=1S/C18H17NO2S/c1-11-5-6-13-12(2)17(21-15(13)10-11)18(20)19-8-7-14(19)16-4-3-9-22-16/h3-6,9-10,14H,7-8H2,1-2H3/t14-/m1/s1. The summed E-state index contributed by atoms with van der Waals surface area (Å²) in [6, 6.07) is 10.4. The van der Waals surface area contributed by atoms with Crippen LogP contribution in [0, 0.1) is 13.8 Å². The second-order valence-corrected chi connectivity index (χ2v) is 6.85. The Morgan fingerprint density at radius 2 is 2.18 bits per heavy atom. The third kappa shape index (κ3) is 1.98. The molecule has 1 atom stereocenters. The van der Waals surface area contributed by atoms with Gasteiger partial charge in [-0.15, -0.1) is 11.3 Å². The highest BCUT2D eigenvalue weighted by Crippen LogP contribution is 2.38. The summed E-state index contributed by atoms with van der Waals surface area (Å²) in [7, 11) is 0. The van der Waals surface area contributed by atoms with Crippen LogP contribution < -0.4 is 0 Å². The van der Waals surface area contributed by atoms with E-state index in [0.717, 1.165) is 35.1 Å². The van der Waals surface area contributed by atoms with Crippen LogP contribution in [0.1, 0.15) is 39.0 Å². The molecule has 0 bridgehead atoms. The molecule has 4 heteroatoms. The summed E-state index contributed by atoms with van der Waals surface area (Å²) in [4.78, 5) is 16.0. The number of aryl methyl sites for hydroxylation is 2. The lowest BCUT2D eigenvalue weighted by atomic mass is 10.00. The zero-order valence-electron chi connectivity index (χ0n) is 12.6. The molecule has 22 heavy (non-hydrogen) atoms. The van der Waals surface area contributed by atoms with E-state index < -0.39 is 0 Å². The van der Waals surface area contributed by atoms with Crippen molar-refractivity contribution in [2.75, 3.05) is 6.54 Å². The Labute approximate surface area is 133 Å². The number of likely N-dealkylation sites (tertiary alicyclic amines) is 1. The largest absolute Gasteiger partial charge is 0.451 e. The van der Waals surface area contributed by atoms with Crippen LogP contribution in [0.2, 0.25) is 0 Å². The predicted octanol–water partition coefficient (Wildman–Crippen LogP) is 4.70. The lowest BCUT2D eigenvalue weighted by molar-refractivity contribution is 0.0436. The van der Waals surface area contributed by atoms with Gasteiger partial charge >= 0.3 is 0 Å². The Morgan fingerprint density at radius 1 is 1.32 bits per heavy atom. The third-order valence-corrected chi connectivity index (χ3v) is 5.41. The van der Waals surface area contributed by atoms with Gasteiger partial charge in [0.25, 0.3) is 5.91 Å². The van der Waals surface area contributed by atoms with Crippen LogP contribution in [0.4, 0.5) is 0 Å². The number of benzene rings is 1. The van der Waals surface area contributed by atoms with Crippen molar-refractivity contribution in [2.24, 2.45) is 0 Å². The van der Waals surface area contributed by atoms with Crippen molar-refractivity contribution in [2.45, 2.75) is 26.3 Å². The van der Waals surface area contributed by atoms with Gasteiger partial charge in [-0.25, -0.2) is 0 Å². The molecule has 0 N–H and O–H groups in total. The van der Waals surface area contributed by atoms with Crippen molar-refractivity contribution in [1.82, 2.24) is 4.90 Å². The molecule has 1 amide bonds. The first-order valence-electron chi connectivity index (χ1n) is 7.49. The maximum absolute atomic E-state index is 12.8. The van der Waals surface area contributed by atoms with Crippen LogP contribution in [0.5, 0.6) is 0 Å². The second kappa shape index (κ2) is 4.99. The van der Waals surface area contributed by atoms with Crippen LogP contribution >= 0.6 is 11.3 Å². The quantitative estimate of drug-likeness (QED) is 0.687. The molecule has 0 unspecified atom stereocenters. The zero-order chi connectivity index (χ0) is 15.3. The summed E-state index contributed by atoms with van der Waals surface area (Å²) in [5.41, 5.74) is 2.88. The van der Waals surface area contributed by atoms with Gasteiger partial charge in [-0.2, -0.15) is 0 Å². The fourth-order valence-corrected chi connectivity index (χ4v) is 3.95. The Hall–Kier alpha value is -2.07. The summed E-state index contributed by atoms with van der Waals surface area (Å²) < 4.78 is 5.88. The van der Waals surface area contributed by atoms with Crippen molar-refractivity contribution in [3.8, 4) is 0 Å². The highest BCUT2D eigenvalue weighted by atomic mass is 32.1. The Morgan fingerprint density at radius 3 is 2.86 bits per heavy atom. The van der Waals surface area contributed by atoms with E-state index in [4.69, 9.17) is 4.42 Å². The van der Waals surface area contributed by atoms with Gasteiger partial charge < -0.3 is 9.32 Å². The van der Waals surface area contributed by atoms with Crippen molar-refractivity contribution < 1.29 is 9.21 Å². The molecule has 1 aromatic carbocycles. The van der Waals surface area contributed by atoms with E-state index >= 15 is 0 Å². The van der Waals surface area contributed by atoms with Gasteiger partial charge in [0.05, 0.1) is 6.04 Å². The normalized spacial score (nSPS) is 17.7. The summed E-state index contributed by atoms with van der Waals surface area (Å²) in [6.45, 7) is 4.80. The van der Waals surface area contributed by atoms with Gasteiger partial charge in [-0.05, 0) is 43.3 Å². The minimum atomic E-state index is 0.0102. The van der Waals surface area contributed by atoms with E-state index in [1.807, 2.05) is 36.9 Å². The van der Waals surface area contributed by atoms with Gasteiger partial charge in [-0.1, -0.05) is 18.2 Å². The number of rotatable bonds is 2. The molecule has 3 heterocycles. The van der Waals surface area contributed by atoms with Gasteiger partial charge in [0.15, 0.2) is 5.76 Å². The first kappa shape index (κ1) is 13.6. The minimum Gasteiger partial charge on any atom is -0.451 e. The molecule has 0 saturated carbocycles. The van der Waals surface area contributed by atoms with Gasteiger partial charge in [0.2, 0.25) is 0 Å². The minimum absolute atomic E-state index is 0.0102. The van der Waals surface area contributed by atoms with Gasteiger partial charge in [0, 0.05) is 22.4 Å². The highest BCUT2D eigenvalue weighted by Gasteiger charge is 2.36. The maximum atomic E-state index is 12.8. The fourth-order valence-electron chi connectivity index (χ4n) is 3.07. The van der Waals surface area contributed by atoms with Gasteiger partial charge in [0.1, 0.15) is 5.58 Å². The first-order chi connectivity index (χ1) is 10.6. The number of hydrogen-bond acceptors (Lipinski definition) is 3. The van der Waals surface area contributed by atoms with Crippen LogP contribution in [0.15, 0.2) is 40.1 Å². The number of nitrogens with zero attached hydrogens (tertiary/aromatic N) is 1. The molecular formula is C18H17NO2S. The van der Waals surface area contributed by atoms with E-state index in [-0.39, 0.29) is 11.9 Å². The van der Waals surface area contributed by atoms with Crippen LogP contribution in [-0.2, 0) is 0 Å². The summed E-state index contributed by atoms with van der Waals surface area (Å²) in [6.07, 6.45) is 1.03. The topological polar surface area (TPSA) is 33.5 Å². The number of thiophene rings is 1. The van der Waals surface area contributed by atoms with Crippen LogP contribution in [0.3, 0.4) is 0 Å². The summed E-state index contributed by atoms with van der Waals surface area (Å²) in [5, 5.41) is 3.09. The molecule has 1 fully saturated rings. The van der Waals surface area contributed by atoms with E-state index in [1.54, 1.807) is 11.3 Å². The molecule has 1 aliphatic heterocycles. The molecule has 0 aliphatic carbocycles. The molecule has 4 rings (SSSR count). The molecular weight excluding hydrogens is 294 g/mol. The number of furan rings is 1. The van der Waals surface area contributed by atoms with Crippen molar-refractivity contribution in [3.05, 3.63) is 57.5 Å². The van der Waals surface area contributed by atoms with E-state index in [9.17, 15) is 4.79 Å². The number of carbonyl (C=O) groups is 1. The average molecular weight is 311 g/mol. The number of amides is 1. The molecule has 2 aromatic heterocycles. The van der Waals surface area contributed by atoms with Crippen LogP contribution in [-0.4, -0.2) is 17.4 Å². The molecule has 3 aromatic rings. The highest BCUT2D eigenvalue weighted by molar-refractivity contribution is 7.10. The van der Waals surface area contributed by atoms with Crippen LogP contribution in [0.25, 0.3) is 11.0 Å². The monoisotopic (exact) mass is 311 g/mol. The number of carbonyl (C=O) groups excluding carboxylic acids is 1.